The van der Waals surface area contributed by atoms with Crippen LogP contribution < -0.4 is 10.1 Å². The molecule has 3 rings (SSSR count). The van der Waals surface area contributed by atoms with Crippen LogP contribution in [0.15, 0.2) is 48.8 Å². The molecule has 128 valence electrons. The number of aryl methyl sites for hydroxylation is 1. The number of carbonyl (C=O) groups is 1. The number of amides is 1. The maximum Gasteiger partial charge on any atom is 0.247 e. The van der Waals surface area contributed by atoms with Crippen LogP contribution in [-0.2, 0) is 17.9 Å². The Morgan fingerprint density at radius 1 is 1.28 bits per heavy atom. The lowest BCUT2D eigenvalue weighted by Gasteiger charge is -2.04. The van der Waals surface area contributed by atoms with Crippen LogP contribution in [0, 0.1) is 12.7 Å². The van der Waals surface area contributed by atoms with E-state index in [1.54, 1.807) is 30.6 Å². The van der Waals surface area contributed by atoms with Gasteiger partial charge in [0.05, 0.1) is 6.20 Å². The van der Waals surface area contributed by atoms with E-state index in [2.05, 4.69) is 20.6 Å². The highest BCUT2D eigenvalue weighted by Gasteiger charge is 2.09. The molecular weight excluding hydrogens is 325 g/mol. The van der Waals surface area contributed by atoms with Gasteiger partial charge >= 0.3 is 0 Å². The molecule has 0 unspecified atom stereocenters. The second kappa shape index (κ2) is 7.52. The van der Waals surface area contributed by atoms with Gasteiger partial charge in [0.2, 0.25) is 5.91 Å². The van der Waals surface area contributed by atoms with Gasteiger partial charge in [-0.15, -0.1) is 5.10 Å². The first kappa shape index (κ1) is 16.6. The molecule has 25 heavy (non-hydrogen) atoms. The molecular formula is C17H16FN5O2. The molecule has 7 nitrogen and oxygen atoms in total. The first-order chi connectivity index (χ1) is 12.1. The monoisotopic (exact) mass is 341 g/mol. The van der Waals surface area contributed by atoms with Crippen LogP contribution in [0.1, 0.15) is 11.3 Å². The van der Waals surface area contributed by atoms with Crippen molar-refractivity contribution in [1.29, 1.82) is 0 Å². The third-order valence-electron chi connectivity index (χ3n) is 3.28. The number of pyridine rings is 1. The smallest absolute Gasteiger partial charge is 0.247 e. The van der Waals surface area contributed by atoms with E-state index >= 15 is 0 Å². The van der Waals surface area contributed by atoms with Crippen LogP contribution in [0.3, 0.4) is 0 Å². The number of anilines is 1. The second-order valence-corrected chi connectivity index (χ2v) is 5.40. The third-order valence-corrected chi connectivity index (χ3v) is 3.28. The van der Waals surface area contributed by atoms with E-state index in [9.17, 15) is 9.18 Å². The number of ether oxygens (including phenoxy) is 1. The van der Waals surface area contributed by atoms with Crippen LogP contribution in [0.5, 0.6) is 5.75 Å². The lowest BCUT2D eigenvalue weighted by molar-refractivity contribution is -0.116. The van der Waals surface area contributed by atoms with Gasteiger partial charge in [0, 0.05) is 6.20 Å². The molecule has 3 aromatic rings. The maximum absolute atomic E-state index is 13.5. The summed E-state index contributed by atoms with van der Waals surface area (Å²) in [6.45, 7) is 1.96. The van der Waals surface area contributed by atoms with Crippen molar-refractivity contribution in [1.82, 2.24) is 20.0 Å². The lowest BCUT2D eigenvalue weighted by Crippen LogP contribution is -2.19. The number of carbonyl (C=O) groups excluding carboxylic acids is 1. The predicted octanol–water partition coefficient (Wildman–Crippen LogP) is 2.34. The standard InChI is InChI=1S/C17H16FN5O2/c1-12-6-7-16(19-8-12)20-17(24)10-23-9-13(21-22-23)11-25-15-5-3-2-4-14(15)18/h2-9H,10-11H2,1H3,(H,19,20,24). The summed E-state index contributed by atoms with van der Waals surface area (Å²) in [5.74, 6) is -0.109. The van der Waals surface area contributed by atoms with E-state index in [4.69, 9.17) is 4.74 Å². The van der Waals surface area contributed by atoms with Gasteiger partial charge in [0.15, 0.2) is 11.6 Å². The van der Waals surface area contributed by atoms with Gasteiger partial charge in [-0.2, -0.15) is 0 Å². The summed E-state index contributed by atoms with van der Waals surface area (Å²) in [4.78, 5) is 16.1. The highest BCUT2D eigenvalue weighted by Crippen LogP contribution is 2.16. The van der Waals surface area contributed by atoms with Gasteiger partial charge in [-0.25, -0.2) is 14.1 Å². The molecule has 1 N–H and O–H groups in total. The predicted molar refractivity (Wildman–Crippen MR) is 88.4 cm³/mol. The van der Waals surface area contributed by atoms with Crippen molar-refractivity contribution in [2.75, 3.05) is 5.32 Å². The average molecular weight is 341 g/mol. The number of hydrogen-bond acceptors (Lipinski definition) is 5. The molecule has 2 heterocycles. The first-order valence-electron chi connectivity index (χ1n) is 7.59. The second-order valence-electron chi connectivity index (χ2n) is 5.40. The zero-order valence-corrected chi connectivity index (χ0v) is 13.5. The molecule has 1 aromatic carbocycles. The zero-order chi connectivity index (χ0) is 17.6. The normalized spacial score (nSPS) is 10.5. The van der Waals surface area contributed by atoms with Crippen LogP contribution in [0.2, 0.25) is 0 Å². The fourth-order valence-corrected chi connectivity index (χ4v) is 2.07. The van der Waals surface area contributed by atoms with E-state index < -0.39 is 5.82 Å². The van der Waals surface area contributed by atoms with Crippen molar-refractivity contribution < 1.29 is 13.9 Å². The molecule has 0 aliphatic rings. The number of aromatic nitrogens is 4. The van der Waals surface area contributed by atoms with E-state index in [-0.39, 0.29) is 24.8 Å². The van der Waals surface area contributed by atoms with Crippen LogP contribution in [0.25, 0.3) is 0 Å². The van der Waals surface area contributed by atoms with E-state index in [0.29, 0.717) is 11.5 Å². The Bertz CT molecular complexity index is 863. The van der Waals surface area contributed by atoms with Gasteiger partial charge in [-0.3, -0.25) is 4.79 Å². The summed E-state index contributed by atoms with van der Waals surface area (Å²) in [6.07, 6.45) is 3.24. The van der Waals surface area contributed by atoms with E-state index in [1.165, 1.54) is 16.8 Å². The molecule has 0 saturated carbocycles. The van der Waals surface area contributed by atoms with Crippen LogP contribution in [0.4, 0.5) is 10.2 Å². The number of rotatable bonds is 6. The Balaban J connectivity index is 1.53. The molecule has 8 heteroatoms. The number of nitrogens with zero attached hydrogens (tertiary/aromatic N) is 4. The summed E-state index contributed by atoms with van der Waals surface area (Å²) >= 11 is 0. The highest BCUT2D eigenvalue weighted by molar-refractivity contribution is 5.89. The topological polar surface area (TPSA) is 81.9 Å². The molecule has 0 radical (unpaired) electrons. The molecule has 2 aromatic heterocycles. The Morgan fingerprint density at radius 2 is 2.12 bits per heavy atom. The van der Waals surface area contributed by atoms with Crippen LogP contribution >= 0.6 is 0 Å². The summed E-state index contributed by atoms with van der Waals surface area (Å²) in [5.41, 5.74) is 1.50. The van der Waals surface area contributed by atoms with Crippen molar-refractivity contribution >= 4 is 11.7 Å². The quantitative estimate of drug-likeness (QED) is 0.744. The molecule has 0 bridgehead atoms. The zero-order valence-electron chi connectivity index (χ0n) is 13.5. The van der Waals surface area contributed by atoms with Crippen molar-refractivity contribution in [3.63, 3.8) is 0 Å². The third kappa shape index (κ3) is 4.60. The Labute approximate surface area is 143 Å². The molecule has 0 saturated heterocycles. The molecule has 0 spiro atoms. The summed E-state index contributed by atoms with van der Waals surface area (Å²) in [6, 6.07) is 9.69. The average Bonchev–Trinajstić information content (AvgIpc) is 3.03. The van der Waals surface area contributed by atoms with Crippen molar-refractivity contribution in [3.8, 4) is 5.75 Å². The van der Waals surface area contributed by atoms with Gasteiger partial charge in [0.1, 0.15) is 24.7 Å². The summed E-state index contributed by atoms with van der Waals surface area (Å²) < 4.78 is 20.2. The van der Waals surface area contributed by atoms with Gasteiger partial charge < -0.3 is 10.1 Å². The summed E-state index contributed by atoms with van der Waals surface area (Å²) in [7, 11) is 0. The largest absolute Gasteiger partial charge is 0.484 e. The maximum atomic E-state index is 13.5. The highest BCUT2D eigenvalue weighted by atomic mass is 19.1. The SMILES string of the molecule is Cc1ccc(NC(=O)Cn2cc(COc3ccccc3F)nn2)nc1. The fourth-order valence-electron chi connectivity index (χ4n) is 2.07. The number of benzene rings is 1. The van der Waals surface area contributed by atoms with Crippen LogP contribution in [-0.4, -0.2) is 25.9 Å². The Hall–Kier alpha value is -3.29. The van der Waals surface area contributed by atoms with Crippen molar-refractivity contribution in [2.24, 2.45) is 0 Å². The molecule has 0 fully saturated rings. The van der Waals surface area contributed by atoms with Crippen molar-refractivity contribution in [2.45, 2.75) is 20.1 Å². The first-order valence-corrected chi connectivity index (χ1v) is 7.59. The number of nitrogens with one attached hydrogen (secondary N) is 1. The van der Waals surface area contributed by atoms with E-state index in [1.807, 2.05) is 13.0 Å². The Morgan fingerprint density at radius 3 is 2.88 bits per heavy atom. The number of hydrogen-bond donors (Lipinski definition) is 1. The molecule has 0 atom stereocenters. The van der Waals surface area contributed by atoms with E-state index in [0.717, 1.165) is 5.56 Å². The molecule has 1 amide bonds. The number of halogens is 1. The fraction of sp³-hybridized carbons (Fsp3) is 0.176. The van der Waals surface area contributed by atoms with Gasteiger partial charge in [0.25, 0.3) is 0 Å². The van der Waals surface area contributed by atoms with Crippen molar-refractivity contribution in [3.05, 3.63) is 65.9 Å². The minimum Gasteiger partial charge on any atom is -0.484 e. The minimum absolute atomic E-state index is 0.0117. The molecule has 0 aliphatic heterocycles. The minimum atomic E-state index is -0.445. The van der Waals surface area contributed by atoms with Gasteiger partial charge in [-0.05, 0) is 30.7 Å². The lowest BCUT2D eigenvalue weighted by atomic mass is 10.3. The summed E-state index contributed by atoms with van der Waals surface area (Å²) in [5, 5.41) is 10.4. The Kier molecular flexibility index (Phi) is 4.98. The van der Waals surface area contributed by atoms with Gasteiger partial charge in [-0.1, -0.05) is 23.4 Å². The number of para-hydroxylation sites is 1. The molecule has 0 aliphatic carbocycles.